The second-order valence-electron chi connectivity index (χ2n) is 8.26. The molecule has 5 N–H and O–H groups in total. The largest absolute Gasteiger partial charge is 0.465 e. The van der Waals surface area contributed by atoms with Crippen molar-refractivity contribution in [3.8, 4) is 0 Å². The maximum Gasteiger partial charge on any atom is 0.407 e. The molecule has 34 heavy (non-hydrogen) atoms. The predicted molar refractivity (Wildman–Crippen MR) is 135 cm³/mol. The molecule has 178 valence electrons. The summed E-state index contributed by atoms with van der Waals surface area (Å²) in [6, 6.07) is 14.0. The van der Waals surface area contributed by atoms with E-state index in [1.54, 1.807) is 11.4 Å². The van der Waals surface area contributed by atoms with Crippen molar-refractivity contribution >= 4 is 50.1 Å². The summed E-state index contributed by atoms with van der Waals surface area (Å²) in [6.07, 6.45) is -0.0254. The summed E-state index contributed by atoms with van der Waals surface area (Å²) in [7, 11) is 0. The third-order valence-electron chi connectivity index (χ3n) is 5.96. The monoisotopic (exact) mass is 544 g/mol. The highest BCUT2D eigenvalue weighted by molar-refractivity contribution is 9.10. The van der Waals surface area contributed by atoms with E-state index in [1.807, 2.05) is 42.5 Å². The van der Waals surface area contributed by atoms with Crippen molar-refractivity contribution in [2.24, 2.45) is 0 Å². The molecule has 0 bridgehead atoms. The summed E-state index contributed by atoms with van der Waals surface area (Å²) in [5, 5.41) is 25.8. The molecule has 0 saturated carbocycles. The van der Waals surface area contributed by atoms with Gasteiger partial charge < -0.3 is 21.3 Å². The lowest BCUT2D eigenvalue weighted by Crippen LogP contribution is -2.44. The average molecular weight is 545 g/mol. The minimum absolute atomic E-state index is 0.128. The molecule has 3 atom stereocenters. The maximum atomic E-state index is 12.3. The zero-order valence-electron chi connectivity index (χ0n) is 18.2. The van der Waals surface area contributed by atoms with Crippen LogP contribution in [0.4, 0.5) is 15.6 Å². The fourth-order valence-corrected chi connectivity index (χ4v) is 5.50. The Kier molecular flexibility index (Phi) is 7.50. The average Bonchev–Trinajstić information content (AvgIpc) is 3.41. The number of halogens is 1. The topological polar surface area (TPSA) is 129 Å². The summed E-state index contributed by atoms with van der Waals surface area (Å²) in [6.45, 7) is 0. The van der Waals surface area contributed by atoms with Crippen LogP contribution in [0.5, 0.6) is 0 Å². The van der Waals surface area contributed by atoms with Gasteiger partial charge in [-0.05, 0) is 58.5 Å². The number of nitrogens with zero attached hydrogens (tertiary/aromatic N) is 2. The number of nitrogen functional groups attached to an aromatic ring is 1. The first-order chi connectivity index (χ1) is 16.3. The van der Waals surface area contributed by atoms with Gasteiger partial charge in [-0.15, -0.1) is 11.3 Å². The molecule has 1 saturated heterocycles. The summed E-state index contributed by atoms with van der Waals surface area (Å²) < 4.78 is 0.705. The number of benzene rings is 2. The minimum atomic E-state index is -1.03. The van der Waals surface area contributed by atoms with Crippen LogP contribution >= 0.6 is 27.3 Å². The number of anilines is 2. The molecule has 1 aliphatic heterocycles. The SMILES string of the molecule is Nc1nc(CC(=O)Nc2ccc(C[C@@H]3CC[C@H]([C@H](O)c4ccccc4)N3C(=O)O)cc2Br)cs1. The van der Waals surface area contributed by atoms with Crippen molar-refractivity contribution in [1.29, 1.82) is 0 Å². The van der Waals surface area contributed by atoms with Gasteiger partial charge in [0.15, 0.2) is 5.13 Å². The Hall–Kier alpha value is -2.95. The van der Waals surface area contributed by atoms with Crippen LogP contribution in [-0.4, -0.2) is 44.2 Å². The highest BCUT2D eigenvalue weighted by atomic mass is 79.9. The molecule has 1 aromatic heterocycles. The van der Waals surface area contributed by atoms with E-state index in [2.05, 4.69) is 26.2 Å². The molecule has 2 amide bonds. The minimum Gasteiger partial charge on any atom is -0.465 e. The number of nitrogens with two attached hydrogens (primary N) is 1. The van der Waals surface area contributed by atoms with Gasteiger partial charge in [0.05, 0.1) is 29.9 Å². The molecule has 0 spiro atoms. The number of carbonyl (C=O) groups excluding carboxylic acids is 1. The molecular formula is C24H25BrN4O4S. The fraction of sp³-hybridized carbons (Fsp3) is 0.292. The van der Waals surface area contributed by atoms with Crippen molar-refractivity contribution in [2.75, 3.05) is 11.1 Å². The number of thiazole rings is 1. The Labute approximate surface area is 209 Å². The molecule has 4 rings (SSSR count). The van der Waals surface area contributed by atoms with E-state index in [1.165, 1.54) is 16.2 Å². The van der Waals surface area contributed by atoms with Crippen LogP contribution in [0, 0.1) is 0 Å². The summed E-state index contributed by atoms with van der Waals surface area (Å²) in [4.78, 5) is 29.9. The van der Waals surface area contributed by atoms with E-state index in [4.69, 9.17) is 5.73 Å². The molecule has 2 aromatic carbocycles. The molecule has 2 heterocycles. The molecule has 0 radical (unpaired) electrons. The van der Waals surface area contributed by atoms with Gasteiger partial charge in [-0.2, -0.15) is 0 Å². The van der Waals surface area contributed by atoms with Crippen molar-refractivity contribution in [2.45, 2.75) is 43.9 Å². The number of aliphatic hydroxyl groups is 1. The standard InChI is InChI=1S/C24H25BrN4O4S/c25-18-11-14(6-8-19(18)28-21(30)12-16-13-34-23(26)27-16)10-17-7-9-20(29(17)24(32)33)22(31)15-4-2-1-3-5-15/h1-6,8,11,13,17,20,22,31H,7,9-10,12H2,(H2,26,27)(H,28,30)(H,32,33)/t17-,20+,22+/m0/s1. The van der Waals surface area contributed by atoms with Gasteiger partial charge in [-0.1, -0.05) is 36.4 Å². The first kappa shape index (κ1) is 24.2. The van der Waals surface area contributed by atoms with Crippen molar-refractivity contribution in [1.82, 2.24) is 9.88 Å². The third-order valence-corrected chi connectivity index (χ3v) is 7.34. The molecule has 0 unspecified atom stereocenters. The van der Waals surface area contributed by atoms with E-state index in [9.17, 15) is 19.8 Å². The van der Waals surface area contributed by atoms with Gasteiger partial charge in [-0.25, -0.2) is 9.78 Å². The van der Waals surface area contributed by atoms with E-state index in [0.29, 0.717) is 45.8 Å². The molecule has 10 heteroatoms. The number of hydrogen-bond donors (Lipinski definition) is 4. The second kappa shape index (κ2) is 10.5. The van der Waals surface area contributed by atoms with Crippen LogP contribution in [-0.2, 0) is 17.6 Å². The number of nitrogens with one attached hydrogen (secondary N) is 1. The maximum absolute atomic E-state index is 12.3. The lowest BCUT2D eigenvalue weighted by molar-refractivity contribution is -0.115. The summed E-state index contributed by atoms with van der Waals surface area (Å²) in [5.41, 5.74) is 8.50. The normalized spacial score (nSPS) is 18.6. The Morgan fingerprint density at radius 3 is 2.65 bits per heavy atom. The molecule has 1 aliphatic rings. The van der Waals surface area contributed by atoms with Crippen molar-refractivity contribution < 1.29 is 19.8 Å². The van der Waals surface area contributed by atoms with Gasteiger partial charge in [0.25, 0.3) is 0 Å². The first-order valence-corrected chi connectivity index (χ1v) is 12.5. The van der Waals surface area contributed by atoms with Gasteiger partial charge in [0, 0.05) is 15.9 Å². The van der Waals surface area contributed by atoms with E-state index >= 15 is 0 Å². The number of hydrogen-bond acceptors (Lipinski definition) is 6. The van der Waals surface area contributed by atoms with Gasteiger partial charge in [0.1, 0.15) is 0 Å². The number of rotatable bonds is 7. The van der Waals surface area contributed by atoms with Crippen molar-refractivity contribution in [3.05, 3.63) is 75.2 Å². The van der Waals surface area contributed by atoms with E-state index in [0.717, 1.165) is 5.56 Å². The highest BCUT2D eigenvalue weighted by Crippen LogP contribution is 2.35. The third kappa shape index (κ3) is 5.57. The smallest absolute Gasteiger partial charge is 0.407 e. The van der Waals surface area contributed by atoms with Crippen LogP contribution < -0.4 is 11.1 Å². The van der Waals surface area contributed by atoms with Crippen molar-refractivity contribution in [3.63, 3.8) is 0 Å². The highest BCUT2D eigenvalue weighted by Gasteiger charge is 2.41. The van der Waals surface area contributed by atoms with Crippen LogP contribution in [0.3, 0.4) is 0 Å². The van der Waals surface area contributed by atoms with E-state index < -0.39 is 18.2 Å². The number of aliphatic hydroxyl groups excluding tert-OH is 1. The Morgan fingerprint density at radius 2 is 2.00 bits per heavy atom. The number of likely N-dealkylation sites (tertiary alicyclic amines) is 1. The Bertz CT molecular complexity index is 1170. The lowest BCUT2D eigenvalue weighted by Gasteiger charge is -2.31. The molecule has 8 nitrogen and oxygen atoms in total. The number of aromatic nitrogens is 1. The second-order valence-corrected chi connectivity index (χ2v) is 10.0. The number of carbonyl (C=O) groups is 2. The zero-order chi connectivity index (χ0) is 24.2. The van der Waals surface area contributed by atoms with Crippen LogP contribution in [0.25, 0.3) is 0 Å². The molecule has 3 aromatic rings. The van der Waals surface area contributed by atoms with Crippen LogP contribution in [0.1, 0.15) is 35.8 Å². The van der Waals surface area contributed by atoms with Crippen LogP contribution in [0.15, 0.2) is 58.4 Å². The Balaban J connectivity index is 1.42. The predicted octanol–water partition coefficient (Wildman–Crippen LogP) is 4.46. The number of carboxylic acid groups (broad SMARTS) is 1. The van der Waals surface area contributed by atoms with Gasteiger partial charge >= 0.3 is 6.09 Å². The zero-order valence-corrected chi connectivity index (χ0v) is 20.6. The summed E-state index contributed by atoms with van der Waals surface area (Å²) >= 11 is 4.80. The molecule has 0 aliphatic carbocycles. The Morgan fingerprint density at radius 1 is 1.24 bits per heavy atom. The fourth-order valence-electron chi connectivity index (χ4n) is 4.41. The molecular weight excluding hydrogens is 520 g/mol. The first-order valence-electron chi connectivity index (χ1n) is 10.8. The summed E-state index contributed by atoms with van der Waals surface area (Å²) in [5.74, 6) is -0.204. The van der Waals surface area contributed by atoms with Gasteiger partial charge in [-0.3, -0.25) is 9.69 Å². The molecule has 1 fully saturated rings. The quantitative estimate of drug-likeness (QED) is 0.347. The van der Waals surface area contributed by atoms with Gasteiger partial charge in [0.2, 0.25) is 5.91 Å². The van der Waals surface area contributed by atoms with E-state index in [-0.39, 0.29) is 18.4 Å². The number of amides is 2. The van der Waals surface area contributed by atoms with Crippen LogP contribution in [0.2, 0.25) is 0 Å². The lowest BCUT2D eigenvalue weighted by atomic mass is 10.0.